The minimum atomic E-state index is -0.137. The van der Waals surface area contributed by atoms with E-state index >= 15 is 0 Å². The van der Waals surface area contributed by atoms with Gasteiger partial charge in [0.15, 0.2) is 0 Å². The number of aryl methyl sites for hydroxylation is 1. The van der Waals surface area contributed by atoms with E-state index < -0.39 is 0 Å². The Labute approximate surface area is 117 Å². The van der Waals surface area contributed by atoms with Gasteiger partial charge in [-0.3, -0.25) is 14.8 Å². The number of hydrogen-bond acceptors (Lipinski definition) is 5. The van der Waals surface area contributed by atoms with Crippen LogP contribution in [-0.4, -0.2) is 21.5 Å². The van der Waals surface area contributed by atoms with Gasteiger partial charge in [0.1, 0.15) is 0 Å². The molecular weight excluding hydrogens is 254 g/mol. The van der Waals surface area contributed by atoms with Crippen molar-refractivity contribution in [2.24, 2.45) is 0 Å². The minimum absolute atomic E-state index is 0.137. The molecule has 2 aromatic rings. The van der Waals surface area contributed by atoms with Gasteiger partial charge < -0.3 is 11.1 Å². The van der Waals surface area contributed by atoms with Crippen molar-refractivity contribution in [1.29, 1.82) is 0 Å². The Morgan fingerprint density at radius 2 is 2.30 bits per heavy atom. The normalized spacial score (nSPS) is 10.7. The number of pyridine rings is 1. The van der Waals surface area contributed by atoms with E-state index in [9.17, 15) is 4.79 Å². The molecule has 2 heterocycles. The largest absolute Gasteiger partial charge is 0.369 e. The monoisotopic (exact) mass is 273 g/mol. The van der Waals surface area contributed by atoms with E-state index in [0.717, 1.165) is 25.1 Å². The number of nitrogens with one attached hydrogen (secondary N) is 2. The van der Waals surface area contributed by atoms with Crippen molar-refractivity contribution in [3.8, 4) is 0 Å². The van der Waals surface area contributed by atoms with Gasteiger partial charge in [-0.1, -0.05) is 6.07 Å². The molecule has 0 fully saturated rings. The fraction of sp³-hybridized carbons (Fsp3) is 0.357. The molecule has 0 unspecified atom stereocenters. The lowest BCUT2D eigenvalue weighted by Gasteiger charge is -2.06. The van der Waals surface area contributed by atoms with Crippen LogP contribution in [-0.2, 0) is 13.0 Å². The molecule has 0 bridgehead atoms. The highest BCUT2D eigenvalue weighted by Gasteiger charge is 2.06. The first kappa shape index (κ1) is 14.2. The van der Waals surface area contributed by atoms with Crippen LogP contribution < -0.4 is 16.6 Å². The molecule has 0 amide bonds. The molecule has 106 valence electrons. The van der Waals surface area contributed by atoms with Crippen molar-refractivity contribution < 1.29 is 0 Å². The van der Waals surface area contributed by atoms with Crippen molar-refractivity contribution in [3.05, 3.63) is 51.7 Å². The van der Waals surface area contributed by atoms with Crippen molar-refractivity contribution >= 4 is 5.95 Å². The van der Waals surface area contributed by atoms with Crippen LogP contribution in [0, 0.1) is 6.92 Å². The predicted octanol–water partition coefficient (Wildman–Crippen LogP) is 0.778. The molecular formula is C14H19N5O. The molecule has 20 heavy (non-hydrogen) atoms. The van der Waals surface area contributed by atoms with Gasteiger partial charge in [0, 0.05) is 30.2 Å². The molecule has 2 aromatic heterocycles. The zero-order valence-electron chi connectivity index (χ0n) is 11.5. The highest BCUT2D eigenvalue weighted by molar-refractivity contribution is 5.24. The second-order valence-electron chi connectivity index (χ2n) is 4.66. The molecule has 0 aliphatic heterocycles. The number of nitrogens with zero attached hydrogens (tertiary/aromatic N) is 2. The Kier molecular flexibility index (Phi) is 4.84. The third-order valence-electron chi connectivity index (χ3n) is 3.07. The number of rotatable bonds is 6. The van der Waals surface area contributed by atoms with E-state index in [0.29, 0.717) is 17.7 Å². The van der Waals surface area contributed by atoms with Crippen LogP contribution in [0.4, 0.5) is 5.95 Å². The SMILES string of the molecule is Cc1nc(N)[nH]c(=O)c1CCCNCc1cccnc1. The third-order valence-corrected chi connectivity index (χ3v) is 3.07. The lowest BCUT2D eigenvalue weighted by atomic mass is 10.1. The van der Waals surface area contributed by atoms with Crippen molar-refractivity contribution in [1.82, 2.24) is 20.3 Å². The molecule has 0 atom stereocenters. The van der Waals surface area contributed by atoms with E-state index in [1.165, 1.54) is 0 Å². The van der Waals surface area contributed by atoms with E-state index in [1.807, 2.05) is 25.3 Å². The van der Waals surface area contributed by atoms with E-state index in [1.54, 1.807) is 6.20 Å². The summed E-state index contributed by atoms with van der Waals surface area (Å²) in [4.78, 5) is 22.4. The summed E-state index contributed by atoms with van der Waals surface area (Å²) in [5, 5.41) is 3.32. The summed E-state index contributed by atoms with van der Waals surface area (Å²) in [5.41, 5.74) is 7.91. The number of H-pyrrole nitrogens is 1. The summed E-state index contributed by atoms with van der Waals surface area (Å²) >= 11 is 0. The second-order valence-corrected chi connectivity index (χ2v) is 4.66. The molecule has 0 aliphatic carbocycles. The molecule has 6 nitrogen and oxygen atoms in total. The quantitative estimate of drug-likeness (QED) is 0.676. The van der Waals surface area contributed by atoms with E-state index in [2.05, 4.69) is 20.3 Å². The molecule has 0 spiro atoms. The smallest absolute Gasteiger partial charge is 0.255 e. The minimum Gasteiger partial charge on any atom is -0.369 e. The van der Waals surface area contributed by atoms with Crippen molar-refractivity contribution in [2.75, 3.05) is 12.3 Å². The molecule has 6 heteroatoms. The zero-order chi connectivity index (χ0) is 14.4. The van der Waals surface area contributed by atoms with Crippen LogP contribution in [0.15, 0.2) is 29.3 Å². The van der Waals surface area contributed by atoms with Gasteiger partial charge in [-0.25, -0.2) is 4.98 Å². The molecule has 0 radical (unpaired) electrons. The molecule has 0 aliphatic rings. The van der Waals surface area contributed by atoms with Gasteiger partial charge in [-0.2, -0.15) is 0 Å². The number of nitrogen functional groups attached to an aromatic ring is 1. The van der Waals surface area contributed by atoms with Gasteiger partial charge >= 0.3 is 0 Å². The molecule has 0 aromatic carbocycles. The van der Waals surface area contributed by atoms with Crippen LogP contribution >= 0.6 is 0 Å². The van der Waals surface area contributed by atoms with Gasteiger partial charge in [0.05, 0.1) is 0 Å². The maximum Gasteiger partial charge on any atom is 0.255 e. The lowest BCUT2D eigenvalue weighted by Crippen LogP contribution is -2.21. The Morgan fingerprint density at radius 1 is 1.45 bits per heavy atom. The predicted molar refractivity (Wildman–Crippen MR) is 78.3 cm³/mol. The number of anilines is 1. The summed E-state index contributed by atoms with van der Waals surface area (Å²) in [6, 6.07) is 3.94. The Bertz CT molecular complexity index is 609. The summed E-state index contributed by atoms with van der Waals surface area (Å²) in [7, 11) is 0. The van der Waals surface area contributed by atoms with Crippen molar-refractivity contribution in [2.45, 2.75) is 26.3 Å². The molecule has 2 rings (SSSR count). The summed E-state index contributed by atoms with van der Waals surface area (Å²) in [6.45, 7) is 3.42. The zero-order valence-corrected chi connectivity index (χ0v) is 11.5. The van der Waals surface area contributed by atoms with Gasteiger partial charge in [-0.05, 0) is 37.9 Å². The van der Waals surface area contributed by atoms with Gasteiger partial charge in [-0.15, -0.1) is 0 Å². The standard InChI is InChI=1S/C14H19N5O/c1-10-12(13(20)19-14(15)18-10)5-3-7-17-9-11-4-2-6-16-8-11/h2,4,6,8,17H,3,5,7,9H2,1H3,(H3,15,18,19,20). The highest BCUT2D eigenvalue weighted by Crippen LogP contribution is 2.03. The Balaban J connectivity index is 1.78. The Hall–Kier alpha value is -2.21. The maximum atomic E-state index is 11.7. The first-order valence-electron chi connectivity index (χ1n) is 6.61. The summed E-state index contributed by atoms with van der Waals surface area (Å²) in [6.07, 6.45) is 5.16. The lowest BCUT2D eigenvalue weighted by molar-refractivity contribution is 0.644. The van der Waals surface area contributed by atoms with Gasteiger partial charge in [0.25, 0.3) is 5.56 Å². The molecule has 0 saturated heterocycles. The summed E-state index contributed by atoms with van der Waals surface area (Å²) < 4.78 is 0. The van der Waals surface area contributed by atoms with Crippen LogP contribution in [0.3, 0.4) is 0 Å². The van der Waals surface area contributed by atoms with Crippen LogP contribution in [0.1, 0.15) is 23.2 Å². The highest BCUT2D eigenvalue weighted by atomic mass is 16.1. The van der Waals surface area contributed by atoms with E-state index in [-0.39, 0.29) is 11.5 Å². The van der Waals surface area contributed by atoms with E-state index in [4.69, 9.17) is 5.73 Å². The first-order valence-corrected chi connectivity index (χ1v) is 6.61. The fourth-order valence-corrected chi connectivity index (χ4v) is 2.05. The average molecular weight is 273 g/mol. The number of nitrogens with two attached hydrogens (primary N) is 1. The Morgan fingerprint density at radius 3 is 3.00 bits per heavy atom. The number of hydrogen-bond donors (Lipinski definition) is 3. The van der Waals surface area contributed by atoms with Crippen molar-refractivity contribution in [3.63, 3.8) is 0 Å². The number of aromatic amines is 1. The second kappa shape index (κ2) is 6.81. The molecule has 0 saturated carbocycles. The fourth-order valence-electron chi connectivity index (χ4n) is 2.05. The summed E-state index contributed by atoms with van der Waals surface area (Å²) in [5.74, 6) is 0.172. The topological polar surface area (TPSA) is 96.7 Å². The van der Waals surface area contributed by atoms with Crippen LogP contribution in [0.2, 0.25) is 0 Å². The van der Waals surface area contributed by atoms with Crippen LogP contribution in [0.25, 0.3) is 0 Å². The first-order chi connectivity index (χ1) is 9.66. The molecule has 4 N–H and O–H groups in total. The average Bonchev–Trinajstić information content (AvgIpc) is 2.42. The third kappa shape index (κ3) is 3.89. The number of aromatic nitrogens is 3. The maximum absolute atomic E-state index is 11.7. The van der Waals surface area contributed by atoms with Crippen LogP contribution in [0.5, 0.6) is 0 Å². The van der Waals surface area contributed by atoms with Gasteiger partial charge in [0.2, 0.25) is 5.95 Å².